The van der Waals surface area contributed by atoms with Gasteiger partial charge in [0.05, 0.1) is 0 Å². The maximum atomic E-state index is 11.5. The van der Waals surface area contributed by atoms with Crippen LogP contribution < -0.4 is 10.4 Å². The van der Waals surface area contributed by atoms with Gasteiger partial charge in [-0.05, 0) is 25.5 Å². The second kappa shape index (κ2) is 3.93. The fraction of sp³-hybridized carbons (Fsp3) is 0.417. The Hall–Kier alpha value is -1.51. The van der Waals surface area contributed by atoms with Crippen LogP contribution in [0.4, 0.5) is 0 Å². The molecule has 0 fully saturated rings. The summed E-state index contributed by atoms with van der Waals surface area (Å²) in [5, 5.41) is 0. The van der Waals surface area contributed by atoms with Crippen molar-refractivity contribution in [3.05, 3.63) is 33.9 Å². The van der Waals surface area contributed by atoms with Crippen molar-refractivity contribution in [2.75, 3.05) is 0 Å². The summed E-state index contributed by atoms with van der Waals surface area (Å²) in [4.78, 5) is 11.5. The van der Waals surface area contributed by atoms with Crippen LogP contribution in [0.25, 0.3) is 6.08 Å². The van der Waals surface area contributed by atoms with Crippen LogP contribution in [0.2, 0.25) is 0 Å². The quantitative estimate of drug-likeness (QED) is 0.746. The highest BCUT2D eigenvalue weighted by Crippen LogP contribution is 2.25. The molecule has 0 aromatic carbocycles. The van der Waals surface area contributed by atoms with Crippen molar-refractivity contribution in [3.8, 4) is 5.75 Å². The number of hydrogen-bond donors (Lipinski definition) is 0. The summed E-state index contributed by atoms with van der Waals surface area (Å²) in [7, 11) is 0. The Kier molecular flexibility index (Phi) is 2.62. The van der Waals surface area contributed by atoms with Crippen molar-refractivity contribution < 1.29 is 9.15 Å². The van der Waals surface area contributed by atoms with Crippen molar-refractivity contribution in [2.24, 2.45) is 0 Å². The lowest BCUT2D eigenvalue weighted by molar-refractivity contribution is 0.230. The first-order valence-corrected chi connectivity index (χ1v) is 5.20. The predicted molar refractivity (Wildman–Crippen MR) is 58.1 cm³/mol. The van der Waals surface area contributed by atoms with E-state index in [1.165, 1.54) is 0 Å². The summed E-state index contributed by atoms with van der Waals surface area (Å²) in [5.41, 5.74) is 0.198. The second-order valence-electron chi connectivity index (χ2n) is 3.73. The Morgan fingerprint density at radius 3 is 3.00 bits per heavy atom. The van der Waals surface area contributed by atoms with Gasteiger partial charge in [-0.15, -0.1) is 0 Å². The molecule has 1 aromatic heterocycles. The number of rotatable bonds is 2. The average molecular weight is 206 g/mol. The monoisotopic (exact) mass is 206 g/mol. The molecule has 1 aliphatic rings. The maximum absolute atomic E-state index is 11.5. The van der Waals surface area contributed by atoms with E-state index in [2.05, 4.69) is 6.92 Å². The molecule has 1 aliphatic heterocycles. The lowest BCUT2D eigenvalue weighted by Crippen LogP contribution is -2.20. The molecule has 0 saturated carbocycles. The normalized spacial score (nSPS) is 18.4. The van der Waals surface area contributed by atoms with Crippen LogP contribution in [0.15, 0.2) is 21.4 Å². The summed E-state index contributed by atoms with van der Waals surface area (Å²) in [5.74, 6) is 1.23. The standard InChI is InChI=1S/C12H14O3/c1-3-4-9-5-6-10-11(15-9)7-8(2)14-12(10)13/h5-7,9H,3-4H2,1-2H3/t9-/m0/s1. The highest BCUT2D eigenvalue weighted by atomic mass is 16.5. The zero-order chi connectivity index (χ0) is 10.8. The summed E-state index contributed by atoms with van der Waals surface area (Å²) in [6.07, 6.45) is 5.83. The lowest BCUT2D eigenvalue weighted by atomic mass is 10.1. The van der Waals surface area contributed by atoms with Crippen molar-refractivity contribution in [3.63, 3.8) is 0 Å². The minimum atomic E-state index is -0.323. The van der Waals surface area contributed by atoms with Crippen molar-refractivity contribution in [1.29, 1.82) is 0 Å². The van der Waals surface area contributed by atoms with Gasteiger partial charge in [0.25, 0.3) is 0 Å². The zero-order valence-corrected chi connectivity index (χ0v) is 8.95. The van der Waals surface area contributed by atoms with Crippen molar-refractivity contribution in [1.82, 2.24) is 0 Å². The first-order valence-electron chi connectivity index (χ1n) is 5.20. The lowest BCUT2D eigenvalue weighted by Gasteiger charge is -2.20. The number of ether oxygens (including phenoxy) is 1. The van der Waals surface area contributed by atoms with E-state index in [1.807, 2.05) is 6.08 Å². The molecule has 15 heavy (non-hydrogen) atoms. The first-order chi connectivity index (χ1) is 7.20. The van der Waals surface area contributed by atoms with Crippen molar-refractivity contribution in [2.45, 2.75) is 32.8 Å². The smallest absolute Gasteiger partial charge is 0.346 e. The summed E-state index contributed by atoms with van der Waals surface area (Å²) >= 11 is 0. The SMILES string of the molecule is CCC[C@H]1C=Cc2c(cc(C)oc2=O)O1. The van der Waals surface area contributed by atoms with E-state index in [-0.39, 0.29) is 11.7 Å². The Balaban J connectivity index is 2.37. The fourth-order valence-corrected chi connectivity index (χ4v) is 1.69. The summed E-state index contributed by atoms with van der Waals surface area (Å²) in [6, 6.07) is 1.77. The molecule has 0 saturated heterocycles. The van der Waals surface area contributed by atoms with E-state index in [0.29, 0.717) is 17.1 Å². The molecule has 0 radical (unpaired) electrons. The molecule has 3 nitrogen and oxygen atoms in total. The molecule has 0 bridgehead atoms. The summed E-state index contributed by atoms with van der Waals surface area (Å²) < 4.78 is 10.7. The largest absolute Gasteiger partial charge is 0.485 e. The van der Waals surface area contributed by atoms with Gasteiger partial charge < -0.3 is 9.15 Å². The minimum Gasteiger partial charge on any atom is -0.485 e. The molecule has 2 heterocycles. The topological polar surface area (TPSA) is 39.4 Å². The van der Waals surface area contributed by atoms with Crippen LogP contribution in [0.3, 0.4) is 0 Å². The highest BCUT2D eigenvalue weighted by molar-refractivity contribution is 5.58. The van der Waals surface area contributed by atoms with Crippen LogP contribution >= 0.6 is 0 Å². The van der Waals surface area contributed by atoms with E-state index in [0.717, 1.165) is 12.8 Å². The van der Waals surface area contributed by atoms with E-state index in [1.54, 1.807) is 19.1 Å². The van der Waals surface area contributed by atoms with Gasteiger partial charge in [-0.25, -0.2) is 4.79 Å². The van der Waals surface area contributed by atoms with Gasteiger partial charge in [0.1, 0.15) is 23.2 Å². The number of aryl methyl sites for hydroxylation is 1. The van der Waals surface area contributed by atoms with Crippen LogP contribution in [0.1, 0.15) is 31.1 Å². The molecule has 0 unspecified atom stereocenters. The molecule has 1 atom stereocenters. The minimum absolute atomic E-state index is 0.0868. The van der Waals surface area contributed by atoms with Gasteiger partial charge in [0, 0.05) is 6.07 Å². The number of fused-ring (bicyclic) bond motifs is 1. The molecular weight excluding hydrogens is 192 g/mol. The molecular formula is C12H14O3. The second-order valence-corrected chi connectivity index (χ2v) is 3.73. The van der Waals surface area contributed by atoms with Crippen LogP contribution in [0.5, 0.6) is 5.75 Å². The van der Waals surface area contributed by atoms with Gasteiger partial charge in [-0.2, -0.15) is 0 Å². The van der Waals surface area contributed by atoms with Gasteiger partial charge in [-0.1, -0.05) is 13.3 Å². The highest BCUT2D eigenvalue weighted by Gasteiger charge is 2.17. The van der Waals surface area contributed by atoms with Crippen LogP contribution in [0, 0.1) is 6.92 Å². The van der Waals surface area contributed by atoms with Crippen LogP contribution in [-0.2, 0) is 0 Å². The molecule has 2 rings (SSSR count). The van der Waals surface area contributed by atoms with E-state index in [9.17, 15) is 4.79 Å². The Morgan fingerprint density at radius 1 is 1.47 bits per heavy atom. The van der Waals surface area contributed by atoms with Crippen molar-refractivity contribution >= 4 is 6.08 Å². The average Bonchev–Trinajstić information content (AvgIpc) is 2.17. The Morgan fingerprint density at radius 2 is 2.27 bits per heavy atom. The molecule has 3 heteroatoms. The van der Waals surface area contributed by atoms with E-state index in [4.69, 9.17) is 9.15 Å². The maximum Gasteiger partial charge on any atom is 0.346 e. The first kappa shape index (κ1) is 10.0. The fourth-order valence-electron chi connectivity index (χ4n) is 1.69. The third-order valence-electron chi connectivity index (χ3n) is 2.40. The molecule has 80 valence electrons. The molecule has 0 spiro atoms. The summed E-state index contributed by atoms with van der Waals surface area (Å²) in [6.45, 7) is 3.86. The van der Waals surface area contributed by atoms with E-state index < -0.39 is 0 Å². The predicted octanol–water partition coefficient (Wildman–Crippen LogP) is 2.52. The van der Waals surface area contributed by atoms with Gasteiger partial charge >= 0.3 is 5.63 Å². The molecule has 0 N–H and O–H groups in total. The third kappa shape index (κ3) is 1.96. The Labute approximate surface area is 88.4 Å². The third-order valence-corrected chi connectivity index (χ3v) is 2.40. The van der Waals surface area contributed by atoms with Gasteiger partial charge in [-0.3, -0.25) is 0 Å². The number of hydrogen-bond acceptors (Lipinski definition) is 3. The Bertz CT molecular complexity index is 443. The van der Waals surface area contributed by atoms with E-state index >= 15 is 0 Å². The molecule has 0 amide bonds. The van der Waals surface area contributed by atoms with Gasteiger partial charge in [0.2, 0.25) is 0 Å². The molecule has 0 aliphatic carbocycles. The zero-order valence-electron chi connectivity index (χ0n) is 8.95. The van der Waals surface area contributed by atoms with Gasteiger partial charge in [0.15, 0.2) is 0 Å². The molecule has 1 aromatic rings. The van der Waals surface area contributed by atoms with Crippen LogP contribution in [-0.4, -0.2) is 6.10 Å².